The minimum Gasteiger partial charge on any atom is -0.490 e. The van der Waals surface area contributed by atoms with Crippen LogP contribution in [0.25, 0.3) is 10.9 Å². The van der Waals surface area contributed by atoms with Crippen LogP contribution in [0.2, 0.25) is 0 Å². The van der Waals surface area contributed by atoms with Crippen LogP contribution in [-0.2, 0) is 22.4 Å². The van der Waals surface area contributed by atoms with Gasteiger partial charge < -0.3 is 20.1 Å². The largest absolute Gasteiger partial charge is 0.490 e. The average molecular weight is 596 g/mol. The highest BCUT2D eigenvalue weighted by atomic mass is 16.5. The number of ether oxygens (including phenoxy) is 1. The fourth-order valence-electron chi connectivity index (χ4n) is 5.97. The second-order valence-electron chi connectivity index (χ2n) is 10.9. The molecule has 1 aromatic heterocycles. The first-order valence-electron chi connectivity index (χ1n) is 14.8. The maximum Gasteiger partial charge on any atom is 0.328 e. The highest BCUT2D eigenvalue weighted by Crippen LogP contribution is 2.37. The van der Waals surface area contributed by atoms with E-state index < -0.39 is 18.0 Å². The van der Waals surface area contributed by atoms with Gasteiger partial charge in [0.15, 0.2) is 0 Å². The quantitative estimate of drug-likeness (QED) is 0.257. The van der Waals surface area contributed by atoms with Gasteiger partial charge in [0.25, 0.3) is 0 Å². The summed E-state index contributed by atoms with van der Waals surface area (Å²) in [5.74, 6) is -1.74. The molecule has 4 aromatic rings. The summed E-state index contributed by atoms with van der Waals surface area (Å²) in [6.45, 7) is 4.74. The van der Waals surface area contributed by atoms with Crippen LogP contribution in [0.5, 0.6) is 5.75 Å². The van der Waals surface area contributed by atoms with E-state index in [9.17, 15) is 14.7 Å². The van der Waals surface area contributed by atoms with E-state index >= 15 is 0 Å². The summed E-state index contributed by atoms with van der Waals surface area (Å²) in [7, 11) is 0. The van der Waals surface area contributed by atoms with Crippen molar-refractivity contribution in [1.29, 1.82) is 0 Å². The van der Waals surface area contributed by atoms with Crippen molar-refractivity contribution in [3.63, 3.8) is 0 Å². The van der Waals surface area contributed by atoms with E-state index in [1.54, 1.807) is 6.20 Å². The Morgan fingerprint density at radius 2 is 1.43 bits per heavy atom. The highest BCUT2D eigenvalue weighted by molar-refractivity contribution is 5.89. The number of carboxylic acids is 2. The van der Waals surface area contributed by atoms with Gasteiger partial charge in [-0.05, 0) is 59.4 Å². The molecule has 9 heteroatoms. The van der Waals surface area contributed by atoms with E-state index in [4.69, 9.17) is 14.9 Å². The number of aromatic nitrogens is 1. The van der Waals surface area contributed by atoms with Crippen molar-refractivity contribution in [1.82, 2.24) is 14.8 Å². The Bertz CT molecular complexity index is 1550. The van der Waals surface area contributed by atoms with Gasteiger partial charge in [-0.25, -0.2) is 9.59 Å². The maximum absolute atomic E-state index is 10.8. The molecule has 2 heterocycles. The van der Waals surface area contributed by atoms with Gasteiger partial charge in [-0.1, -0.05) is 54.6 Å². The predicted octanol–water partition coefficient (Wildman–Crippen LogP) is 4.19. The molecule has 6 rings (SSSR count). The number of aliphatic carboxylic acids is 2. The standard InChI is InChI=1S/C31H33N3O2.C4H4O4/c35-25(22-36-30-13-5-12-29-28(30)11-6-16-32-29)21-33-17-19-34(20-18-33)31-26-9-3-1-7-23(26)14-15-24-8-2-4-10-27(24)31;5-3(6)1-2-4(7)8/h1-13,16,25,31,35H,14-15,17-22H2;1-2H,(H,5,6)(H,7,8)/b;2-1+. The smallest absolute Gasteiger partial charge is 0.328 e. The summed E-state index contributed by atoms with van der Waals surface area (Å²) < 4.78 is 6.00. The second kappa shape index (κ2) is 14.7. The first-order chi connectivity index (χ1) is 21.4. The van der Waals surface area contributed by atoms with Crippen LogP contribution in [0.3, 0.4) is 0 Å². The molecule has 1 aliphatic heterocycles. The number of β-amino-alcohol motifs (C(OH)–C–C–N with tert-alkyl or cyclic N) is 1. The number of carboxylic acid groups (broad SMARTS) is 2. The fraction of sp³-hybridized carbons (Fsp3) is 0.286. The molecule has 228 valence electrons. The molecular weight excluding hydrogens is 558 g/mol. The van der Waals surface area contributed by atoms with Gasteiger partial charge in [0.1, 0.15) is 18.5 Å². The number of aliphatic hydroxyl groups excluding tert-OH is 1. The van der Waals surface area contributed by atoms with E-state index in [0.29, 0.717) is 24.7 Å². The van der Waals surface area contributed by atoms with Gasteiger partial charge in [-0.15, -0.1) is 0 Å². The Morgan fingerprint density at radius 3 is 2.05 bits per heavy atom. The normalized spacial score (nSPS) is 16.3. The van der Waals surface area contributed by atoms with Crippen LogP contribution in [0.15, 0.2) is 97.2 Å². The number of hydrogen-bond acceptors (Lipinski definition) is 7. The van der Waals surface area contributed by atoms with Gasteiger partial charge in [0.05, 0.1) is 11.6 Å². The molecule has 1 fully saturated rings. The van der Waals surface area contributed by atoms with Crippen molar-refractivity contribution in [3.8, 4) is 5.75 Å². The van der Waals surface area contributed by atoms with Crippen molar-refractivity contribution in [2.75, 3.05) is 39.3 Å². The SMILES string of the molecule is O=C(O)/C=C/C(=O)O.OC(COc1cccc2ncccc12)CN1CCN(C2c3ccccc3CCc3ccccc32)CC1. The summed E-state index contributed by atoms with van der Waals surface area (Å²) in [6, 6.07) is 28.0. The van der Waals surface area contributed by atoms with Crippen LogP contribution in [0.4, 0.5) is 0 Å². The molecule has 0 saturated carbocycles. The van der Waals surface area contributed by atoms with Crippen LogP contribution < -0.4 is 4.74 Å². The van der Waals surface area contributed by atoms with E-state index in [1.165, 1.54) is 22.3 Å². The number of pyridine rings is 1. The summed E-state index contributed by atoms with van der Waals surface area (Å²) in [6.07, 6.45) is 4.56. The molecule has 0 bridgehead atoms. The van der Waals surface area contributed by atoms with Gasteiger partial charge in [0, 0.05) is 56.5 Å². The van der Waals surface area contributed by atoms with E-state index in [1.807, 2.05) is 30.3 Å². The Labute approximate surface area is 256 Å². The molecular formula is C35H37N3O6. The molecule has 1 saturated heterocycles. The summed E-state index contributed by atoms with van der Waals surface area (Å²) >= 11 is 0. The Balaban J connectivity index is 0.000000426. The number of aryl methyl sites for hydroxylation is 2. The van der Waals surface area contributed by atoms with Crippen molar-refractivity contribution in [2.24, 2.45) is 0 Å². The van der Waals surface area contributed by atoms with Gasteiger partial charge in [-0.2, -0.15) is 0 Å². The van der Waals surface area contributed by atoms with Crippen LogP contribution in [0.1, 0.15) is 28.3 Å². The summed E-state index contributed by atoms with van der Waals surface area (Å²) in [4.78, 5) is 28.5. The molecule has 0 spiro atoms. The van der Waals surface area contributed by atoms with Gasteiger partial charge >= 0.3 is 11.9 Å². The van der Waals surface area contributed by atoms with E-state index in [-0.39, 0.29) is 6.61 Å². The first kappa shape index (κ1) is 30.9. The monoisotopic (exact) mass is 595 g/mol. The lowest BCUT2D eigenvalue weighted by Crippen LogP contribution is -2.50. The van der Waals surface area contributed by atoms with Gasteiger partial charge in [-0.3, -0.25) is 14.8 Å². The molecule has 1 atom stereocenters. The number of hydrogen-bond donors (Lipinski definition) is 3. The van der Waals surface area contributed by atoms with E-state index in [0.717, 1.165) is 55.7 Å². The van der Waals surface area contributed by atoms with Crippen molar-refractivity contribution < 1.29 is 29.6 Å². The summed E-state index contributed by atoms with van der Waals surface area (Å²) in [5, 5.41) is 27.4. The van der Waals surface area contributed by atoms with Crippen LogP contribution in [-0.4, -0.2) is 87.5 Å². The zero-order valence-corrected chi connectivity index (χ0v) is 24.5. The number of benzene rings is 3. The minimum atomic E-state index is -1.26. The maximum atomic E-state index is 10.8. The lowest BCUT2D eigenvalue weighted by atomic mass is 9.92. The average Bonchev–Trinajstić information content (AvgIpc) is 3.20. The molecule has 1 unspecified atom stereocenters. The molecule has 3 aromatic carbocycles. The number of nitrogens with zero attached hydrogens (tertiary/aromatic N) is 3. The number of rotatable bonds is 8. The zero-order valence-electron chi connectivity index (χ0n) is 24.5. The molecule has 2 aliphatic rings. The van der Waals surface area contributed by atoms with Crippen LogP contribution in [0, 0.1) is 0 Å². The van der Waals surface area contributed by atoms with Crippen molar-refractivity contribution in [3.05, 3.63) is 119 Å². The molecule has 0 amide bonds. The number of aliphatic hydroxyl groups is 1. The van der Waals surface area contributed by atoms with Crippen LogP contribution >= 0.6 is 0 Å². The zero-order chi connectivity index (χ0) is 30.9. The minimum absolute atomic E-state index is 0.275. The lowest BCUT2D eigenvalue weighted by Gasteiger charge is -2.40. The number of fused-ring (bicyclic) bond motifs is 3. The fourth-order valence-corrected chi connectivity index (χ4v) is 5.97. The number of piperazine rings is 1. The van der Waals surface area contributed by atoms with E-state index in [2.05, 4.69) is 63.3 Å². The Kier molecular flexibility index (Phi) is 10.3. The number of carbonyl (C=O) groups is 2. The molecule has 44 heavy (non-hydrogen) atoms. The third-order valence-corrected chi connectivity index (χ3v) is 8.01. The Morgan fingerprint density at radius 1 is 0.818 bits per heavy atom. The van der Waals surface area contributed by atoms with Crippen molar-refractivity contribution in [2.45, 2.75) is 25.0 Å². The molecule has 0 radical (unpaired) electrons. The Hall–Kier alpha value is -4.57. The topological polar surface area (TPSA) is 123 Å². The molecule has 3 N–H and O–H groups in total. The lowest BCUT2D eigenvalue weighted by molar-refractivity contribution is -0.134. The molecule has 9 nitrogen and oxygen atoms in total. The third-order valence-electron chi connectivity index (χ3n) is 8.01. The first-order valence-corrected chi connectivity index (χ1v) is 14.8. The molecule has 1 aliphatic carbocycles. The second-order valence-corrected chi connectivity index (χ2v) is 10.9. The van der Waals surface area contributed by atoms with Crippen molar-refractivity contribution >= 4 is 22.8 Å². The summed E-state index contributed by atoms with van der Waals surface area (Å²) in [5.41, 5.74) is 6.75. The highest BCUT2D eigenvalue weighted by Gasteiger charge is 2.31. The van der Waals surface area contributed by atoms with Gasteiger partial charge in [0.2, 0.25) is 0 Å². The predicted molar refractivity (Wildman–Crippen MR) is 168 cm³/mol. The third kappa shape index (κ3) is 7.87.